The summed E-state index contributed by atoms with van der Waals surface area (Å²) in [6.45, 7) is 4.26. The van der Waals surface area contributed by atoms with Crippen molar-refractivity contribution >= 4 is 70.5 Å². The highest BCUT2D eigenvalue weighted by Crippen LogP contribution is 2.27. The number of rotatable bonds is 4. The second-order valence-electron chi connectivity index (χ2n) is 8.60. The average molecular weight is 488 g/mol. The Hall–Kier alpha value is -2.57. The van der Waals surface area contributed by atoms with Crippen LogP contribution in [0.15, 0.2) is 51.2 Å². The van der Waals surface area contributed by atoms with Gasteiger partial charge in [-0.3, -0.25) is 4.79 Å². The number of likely N-dealkylation sites (tertiary alicyclic amines) is 2. The summed E-state index contributed by atoms with van der Waals surface area (Å²) >= 11 is 0. The maximum absolute atomic E-state index is 12.8. The fraction of sp³-hybridized carbons (Fsp3) is 0.400. The van der Waals surface area contributed by atoms with Gasteiger partial charge in [0.05, 0.1) is 29.6 Å². The second kappa shape index (κ2) is 11.5. The molecule has 2 aliphatic heterocycles. The highest BCUT2D eigenvalue weighted by molar-refractivity contribution is 6.06. The first kappa shape index (κ1) is 25.1. The lowest BCUT2D eigenvalue weighted by Crippen LogP contribution is -2.27. The zero-order valence-electron chi connectivity index (χ0n) is 18.7. The van der Waals surface area contributed by atoms with Crippen molar-refractivity contribution in [3.05, 3.63) is 46.8 Å². The molecule has 0 radical (unpaired) electrons. The number of piperidine rings is 2. The van der Waals surface area contributed by atoms with Crippen molar-refractivity contribution < 1.29 is 0 Å². The number of H-pyrrole nitrogens is 1. The minimum absolute atomic E-state index is 0. The Labute approximate surface area is 206 Å². The topological polar surface area (TPSA) is 64.1 Å². The van der Waals surface area contributed by atoms with Crippen molar-refractivity contribution in [1.29, 1.82) is 0 Å². The maximum Gasteiger partial charge on any atom is 0.256 e. The van der Waals surface area contributed by atoms with E-state index in [1.807, 2.05) is 49.1 Å². The molecule has 2 fully saturated rings. The Bertz CT molecular complexity index is 1190. The molecule has 2 aromatic carbocycles. The van der Waals surface area contributed by atoms with E-state index in [4.69, 9.17) is 0 Å². The number of aromatic nitrogens is 1. The lowest BCUT2D eigenvalue weighted by molar-refractivity contribution is 0.351. The second-order valence-corrected chi connectivity index (χ2v) is 8.60. The molecule has 0 saturated carbocycles. The monoisotopic (exact) mass is 487 g/mol. The van der Waals surface area contributed by atoms with Crippen LogP contribution in [0.3, 0.4) is 0 Å². The van der Waals surface area contributed by atoms with Gasteiger partial charge < -0.3 is 14.8 Å². The number of pyridine rings is 1. The smallest absolute Gasteiger partial charge is 0.256 e. The summed E-state index contributed by atoms with van der Waals surface area (Å²) in [5, 5.41) is 2.64. The quantitative estimate of drug-likeness (QED) is 0.286. The molecule has 3 heterocycles. The molecule has 33 heavy (non-hydrogen) atoms. The fourth-order valence-corrected chi connectivity index (χ4v) is 4.54. The first-order valence-corrected chi connectivity index (χ1v) is 11.4. The normalized spacial score (nSPS) is 17.0. The van der Waals surface area contributed by atoms with E-state index in [2.05, 4.69) is 24.8 Å². The van der Waals surface area contributed by atoms with Crippen molar-refractivity contribution in [2.45, 2.75) is 38.5 Å². The minimum atomic E-state index is -0.0883. The molecule has 3 aromatic rings. The molecule has 5 rings (SSSR count). The van der Waals surface area contributed by atoms with E-state index in [0.29, 0.717) is 5.39 Å². The molecule has 2 aliphatic rings. The average Bonchev–Trinajstić information content (AvgIpc) is 2.83. The number of nitrogens with one attached hydrogen (secondary N) is 1. The summed E-state index contributed by atoms with van der Waals surface area (Å²) in [6.07, 6.45) is 11.4. The van der Waals surface area contributed by atoms with Crippen molar-refractivity contribution in [2.24, 2.45) is 9.98 Å². The summed E-state index contributed by atoms with van der Waals surface area (Å²) in [7, 11) is 0. The van der Waals surface area contributed by atoms with Gasteiger partial charge in [0.1, 0.15) is 0 Å². The Kier molecular flexibility index (Phi) is 8.75. The molecular weight excluding hydrogens is 457 g/mol. The van der Waals surface area contributed by atoms with E-state index in [1.165, 1.54) is 38.5 Å². The van der Waals surface area contributed by atoms with E-state index in [9.17, 15) is 4.79 Å². The summed E-state index contributed by atoms with van der Waals surface area (Å²) in [6, 6.07) is 11.9. The minimum Gasteiger partial charge on any atom is -0.363 e. The van der Waals surface area contributed by atoms with Gasteiger partial charge in [0.15, 0.2) is 0 Å². The van der Waals surface area contributed by atoms with Gasteiger partial charge in [0.25, 0.3) is 5.56 Å². The van der Waals surface area contributed by atoms with E-state index in [-0.39, 0.29) is 30.4 Å². The molecule has 0 unspecified atom stereocenters. The summed E-state index contributed by atoms with van der Waals surface area (Å²) in [5.41, 5.74) is 2.39. The third-order valence-electron chi connectivity index (χ3n) is 6.31. The van der Waals surface area contributed by atoms with Crippen LogP contribution < -0.4 is 5.56 Å². The molecule has 8 heteroatoms. The van der Waals surface area contributed by atoms with Crippen LogP contribution >= 0.6 is 24.8 Å². The fourth-order valence-electron chi connectivity index (χ4n) is 4.54. The number of fused-ring (bicyclic) bond motifs is 3. The predicted molar refractivity (Wildman–Crippen MR) is 144 cm³/mol. The third-order valence-corrected chi connectivity index (χ3v) is 6.31. The number of hydrogen-bond acceptors (Lipinski definition) is 3. The van der Waals surface area contributed by atoms with Gasteiger partial charge in [-0.2, -0.15) is 0 Å². The first-order chi connectivity index (χ1) is 15.3. The van der Waals surface area contributed by atoms with E-state index in [1.54, 1.807) is 0 Å². The van der Waals surface area contributed by atoms with Gasteiger partial charge in [-0.25, -0.2) is 9.98 Å². The Balaban J connectivity index is 0.00000153. The number of aliphatic imine (C=N–C) groups is 2. The lowest BCUT2D eigenvalue weighted by Gasteiger charge is -2.23. The van der Waals surface area contributed by atoms with Crippen LogP contribution in [0.1, 0.15) is 38.5 Å². The van der Waals surface area contributed by atoms with Crippen molar-refractivity contribution in [3.8, 4) is 0 Å². The van der Waals surface area contributed by atoms with Gasteiger partial charge in [-0.1, -0.05) is 12.1 Å². The Morgan fingerprint density at radius 2 is 1.18 bits per heavy atom. The van der Waals surface area contributed by atoms with Crippen molar-refractivity contribution in [2.75, 3.05) is 26.2 Å². The highest BCUT2D eigenvalue weighted by Gasteiger charge is 2.09. The van der Waals surface area contributed by atoms with Gasteiger partial charge in [0, 0.05) is 37.0 Å². The SMILES string of the molecule is Cl.Cl.O=c1[nH]c2cc(N=CN3CCCCC3)ccc2c2ccc(N=CN3CCCCC3)cc12. The van der Waals surface area contributed by atoms with Gasteiger partial charge in [-0.15, -0.1) is 24.8 Å². The van der Waals surface area contributed by atoms with Gasteiger partial charge >= 0.3 is 0 Å². The largest absolute Gasteiger partial charge is 0.363 e. The molecule has 0 spiro atoms. The number of benzene rings is 2. The van der Waals surface area contributed by atoms with Crippen molar-refractivity contribution in [3.63, 3.8) is 0 Å². The highest BCUT2D eigenvalue weighted by atomic mass is 35.5. The Morgan fingerprint density at radius 1 is 0.667 bits per heavy atom. The zero-order valence-corrected chi connectivity index (χ0v) is 20.3. The molecule has 0 aliphatic carbocycles. The van der Waals surface area contributed by atoms with Gasteiger partial charge in [0.2, 0.25) is 0 Å². The van der Waals surface area contributed by atoms with E-state index in [0.717, 1.165) is 53.8 Å². The third kappa shape index (κ3) is 5.87. The molecular formula is C25H31Cl2N5O. The van der Waals surface area contributed by atoms with Crippen LogP contribution in [0, 0.1) is 0 Å². The Morgan fingerprint density at radius 3 is 1.76 bits per heavy atom. The number of nitrogens with zero attached hydrogens (tertiary/aromatic N) is 4. The summed E-state index contributed by atoms with van der Waals surface area (Å²) in [5.74, 6) is 0. The molecule has 6 nitrogen and oxygen atoms in total. The van der Waals surface area contributed by atoms with Crippen LogP contribution in [0.25, 0.3) is 21.7 Å². The molecule has 176 valence electrons. The van der Waals surface area contributed by atoms with Crippen LogP contribution in [0.4, 0.5) is 11.4 Å². The standard InChI is InChI=1S/C25H29N5O.2ClH/c31-25-23-15-19(26-17-29-11-3-1-4-12-29)7-9-21(23)22-10-8-20(16-24(22)28-25)27-18-30-13-5-2-6-14-30;;/h7-10,15-18H,1-6,11-14H2,(H,28,31);2*1H. The first-order valence-electron chi connectivity index (χ1n) is 11.4. The maximum atomic E-state index is 12.8. The van der Waals surface area contributed by atoms with Crippen LogP contribution in [-0.4, -0.2) is 53.6 Å². The number of halogens is 2. The number of hydrogen-bond donors (Lipinski definition) is 1. The van der Waals surface area contributed by atoms with E-state index >= 15 is 0 Å². The predicted octanol–water partition coefficient (Wildman–Crippen LogP) is 5.82. The molecule has 1 N–H and O–H groups in total. The van der Waals surface area contributed by atoms with Crippen LogP contribution in [0.5, 0.6) is 0 Å². The molecule has 0 bridgehead atoms. The molecule has 1 aromatic heterocycles. The molecule has 0 amide bonds. The number of aromatic amines is 1. The van der Waals surface area contributed by atoms with Crippen molar-refractivity contribution in [1.82, 2.24) is 14.8 Å². The molecule has 0 atom stereocenters. The lowest BCUT2D eigenvalue weighted by atomic mass is 10.1. The van der Waals surface area contributed by atoms with Crippen LogP contribution in [-0.2, 0) is 0 Å². The summed E-state index contributed by atoms with van der Waals surface area (Å²) in [4.78, 5) is 29.6. The zero-order chi connectivity index (χ0) is 21.0. The van der Waals surface area contributed by atoms with E-state index < -0.39 is 0 Å². The summed E-state index contributed by atoms with van der Waals surface area (Å²) < 4.78 is 0. The molecule has 2 saturated heterocycles. The van der Waals surface area contributed by atoms with Crippen LogP contribution in [0.2, 0.25) is 0 Å². The van der Waals surface area contributed by atoms with Gasteiger partial charge in [-0.05, 0) is 68.2 Å².